The average Bonchev–Trinajstić information content (AvgIpc) is 2.55. The van der Waals surface area contributed by atoms with E-state index >= 15 is 0 Å². The van der Waals surface area contributed by atoms with E-state index in [1.165, 1.54) is 5.56 Å². The van der Waals surface area contributed by atoms with Crippen LogP contribution < -0.4 is 11.1 Å². The summed E-state index contributed by atoms with van der Waals surface area (Å²) in [5.41, 5.74) is 8.51. The highest BCUT2D eigenvalue weighted by Crippen LogP contribution is 2.32. The van der Waals surface area contributed by atoms with Crippen LogP contribution in [0.2, 0.25) is 0 Å². The standard InChI is InChI=1S/C18H22N2O2S/c1-13-4-7-15(8-5-13)23-17-9-6-14(12-16(17)19)18(21)20-10-3-11-22-2/h4-9,12H,3,10-11,19H2,1-2H3,(H,20,21). The molecule has 0 unspecified atom stereocenters. The smallest absolute Gasteiger partial charge is 0.251 e. The van der Waals surface area contributed by atoms with Gasteiger partial charge in [-0.2, -0.15) is 0 Å². The molecule has 0 aliphatic carbocycles. The number of carbonyl (C=O) groups excluding carboxylic acids is 1. The fourth-order valence-corrected chi connectivity index (χ4v) is 2.88. The molecule has 0 saturated carbocycles. The topological polar surface area (TPSA) is 64.3 Å². The average molecular weight is 330 g/mol. The molecule has 2 aromatic rings. The van der Waals surface area contributed by atoms with Crippen molar-refractivity contribution in [2.24, 2.45) is 0 Å². The molecule has 122 valence electrons. The molecule has 0 saturated heterocycles. The van der Waals surface area contributed by atoms with Crippen molar-refractivity contribution in [1.29, 1.82) is 0 Å². The minimum absolute atomic E-state index is 0.111. The summed E-state index contributed by atoms with van der Waals surface area (Å²) in [5, 5.41) is 2.86. The second kappa shape index (κ2) is 8.60. The van der Waals surface area contributed by atoms with Crippen molar-refractivity contribution < 1.29 is 9.53 Å². The highest BCUT2D eigenvalue weighted by molar-refractivity contribution is 7.99. The monoisotopic (exact) mass is 330 g/mol. The first-order valence-corrected chi connectivity index (χ1v) is 8.33. The Bertz CT molecular complexity index is 657. The van der Waals surface area contributed by atoms with Gasteiger partial charge in [-0.25, -0.2) is 0 Å². The molecule has 23 heavy (non-hydrogen) atoms. The SMILES string of the molecule is COCCCNC(=O)c1ccc(Sc2ccc(C)cc2)c(N)c1. The molecule has 1 amide bonds. The number of methoxy groups -OCH3 is 1. The van der Waals surface area contributed by atoms with Gasteiger partial charge in [-0.15, -0.1) is 0 Å². The Morgan fingerprint density at radius 3 is 2.61 bits per heavy atom. The number of anilines is 1. The number of amides is 1. The van der Waals surface area contributed by atoms with Crippen LogP contribution in [0.15, 0.2) is 52.3 Å². The first-order valence-electron chi connectivity index (χ1n) is 7.51. The molecule has 0 bridgehead atoms. The molecule has 4 nitrogen and oxygen atoms in total. The van der Waals surface area contributed by atoms with Crippen LogP contribution in [-0.2, 0) is 4.74 Å². The van der Waals surface area contributed by atoms with Gasteiger partial charge in [0.2, 0.25) is 0 Å². The van der Waals surface area contributed by atoms with Crippen molar-refractivity contribution >= 4 is 23.4 Å². The van der Waals surface area contributed by atoms with Crippen LogP contribution in [0, 0.1) is 6.92 Å². The lowest BCUT2D eigenvalue weighted by Gasteiger charge is -2.09. The van der Waals surface area contributed by atoms with Crippen LogP contribution >= 0.6 is 11.8 Å². The van der Waals surface area contributed by atoms with Gasteiger partial charge in [0.25, 0.3) is 5.91 Å². The molecule has 0 spiro atoms. The van der Waals surface area contributed by atoms with Crippen LogP contribution in [0.5, 0.6) is 0 Å². The summed E-state index contributed by atoms with van der Waals surface area (Å²) in [6, 6.07) is 13.7. The Morgan fingerprint density at radius 1 is 1.22 bits per heavy atom. The molecule has 0 aliphatic heterocycles. The Balaban J connectivity index is 1.99. The minimum atomic E-state index is -0.111. The summed E-state index contributed by atoms with van der Waals surface area (Å²) in [4.78, 5) is 14.1. The third-order valence-corrected chi connectivity index (χ3v) is 4.43. The molecule has 2 rings (SSSR count). The molecule has 2 aromatic carbocycles. The van der Waals surface area contributed by atoms with Crippen LogP contribution in [-0.4, -0.2) is 26.2 Å². The van der Waals surface area contributed by atoms with E-state index < -0.39 is 0 Å². The fourth-order valence-electron chi connectivity index (χ4n) is 2.04. The fraction of sp³-hybridized carbons (Fsp3) is 0.278. The highest BCUT2D eigenvalue weighted by Gasteiger charge is 2.09. The molecule has 0 aromatic heterocycles. The van der Waals surface area contributed by atoms with E-state index in [-0.39, 0.29) is 5.91 Å². The number of nitrogens with one attached hydrogen (secondary N) is 1. The largest absolute Gasteiger partial charge is 0.398 e. The second-order valence-electron chi connectivity index (χ2n) is 5.27. The minimum Gasteiger partial charge on any atom is -0.398 e. The van der Waals surface area contributed by atoms with Crippen LogP contribution in [0.3, 0.4) is 0 Å². The number of benzene rings is 2. The third-order valence-electron chi connectivity index (χ3n) is 3.33. The molecule has 3 N–H and O–H groups in total. The van der Waals surface area contributed by atoms with Crippen LogP contribution in [0.1, 0.15) is 22.3 Å². The lowest BCUT2D eigenvalue weighted by Crippen LogP contribution is -2.25. The lowest BCUT2D eigenvalue weighted by atomic mass is 10.2. The number of ether oxygens (including phenoxy) is 1. The molecular formula is C18H22N2O2S. The van der Waals surface area contributed by atoms with Gasteiger partial charge in [0.05, 0.1) is 0 Å². The highest BCUT2D eigenvalue weighted by atomic mass is 32.2. The van der Waals surface area contributed by atoms with E-state index in [4.69, 9.17) is 10.5 Å². The van der Waals surface area contributed by atoms with E-state index in [2.05, 4.69) is 36.5 Å². The molecule has 0 aliphatic rings. The maximum absolute atomic E-state index is 12.1. The molecule has 0 atom stereocenters. The summed E-state index contributed by atoms with van der Waals surface area (Å²) >= 11 is 1.59. The summed E-state index contributed by atoms with van der Waals surface area (Å²) in [6.07, 6.45) is 0.791. The molecule has 0 heterocycles. The Morgan fingerprint density at radius 2 is 1.96 bits per heavy atom. The molecule has 0 radical (unpaired) electrons. The van der Waals surface area contributed by atoms with E-state index in [1.807, 2.05) is 6.07 Å². The number of carbonyl (C=O) groups is 1. The Kier molecular flexibility index (Phi) is 6.50. The number of nitrogens with two attached hydrogens (primary N) is 1. The number of rotatable bonds is 7. The van der Waals surface area contributed by atoms with Gasteiger partial charge in [0.15, 0.2) is 0 Å². The van der Waals surface area contributed by atoms with Crippen molar-refractivity contribution in [3.05, 3.63) is 53.6 Å². The number of nitrogen functional groups attached to an aromatic ring is 1. The normalized spacial score (nSPS) is 10.5. The number of hydrogen-bond donors (Lipinski definition) is 2. The maximum atomic E-state index is 12.1. The summed E-state index contributed by atoms with van der Waals surface area (Å²) < 4.78 is 4.95. The molecule has 5 heteroatoms. The van der Waals surface area contributed by atoms with Gasteiger partial charge in [0, 0.05) is 41.3 Å². The summed E-state index contributed by atoms with van der Waals surface area (Å²) in [6.45, 7) is 3.28. The zero-order valence-electron chi connectivity index (χ0n) is 13.5. The van der Waals surface area contributed by atoms with Gasteiger partial charge in [-0.05, 0) is 43.7 Å². The van der Waals surface area contributed by atoms with E-state index in [1.54, 1.807) is 31.0 Å². The third kappa shape index (κ3) is 5.30. The predicted molar refractivity (Wildman–Crippen MR) is 95.0 cm³/mol. The zero-order chi connectivity index (χ0) is 16.7. The van der Waals surface area contributed by atoms with Gasteiger partial charge >= 0.3 is 0 Å². The van der Waals surface area contributed by atoms with Crippen molar-refractivity contribution in [3.8, 4) is 0 Å². The number of hydrogen-bond acceptors (Lipinski definition) is 4. The Hall–Kier alpha value is -1.98. The van der Waals surface area contributed by atoms with Crippen molar-refractivity contribution in [3.63, 3.8) is 0 Å². The Labute approximate surface area is 141 Å². The van der Waals surface area contributed by atoms with Crippen molar-refractivity contribution in [2.75, 3.05) is 26.0 Å². The maximum Gasteiger partial charge on any atom is 0.251 e. The quantitative estimate of drug-likeness (QED) is 0.602. The zero-order valence-corrected chi connectivity index (χ0v) is 14.3. The van der Waals surface area contributed by atoms with Crippen molar-refractivity contribution in [1.82, 2.24) is 5.32 Å². The number of aryl methyl sites for hydroxylation is 1. The lowest BCUT2D eigenvalue weighted by molar-refractivity contribution is 0.0948. The van der Waals surface area contributed by atoms with Crippen LogP contribution in [0.4, 0.5) is 5.69 Å². The van der Waals surface area contributed by atoms with Crippen molar-refractivity contribution in [2.45, 2.75) is 23.1 Å². The van der Waals surface area contributed by atoms with Gasteiger partial charge in [0.1, 0.15) is 0 Å². The first-order chi connectivity index (χ1) is 11.1. The van der Waals surface area contributed by atoms with Gasteiger partial charge in [-0.3, -0.25) is 4.79 Å². The molecule has 0 fully saturated rings. The van der Waals surface area contributed by atoms with Gasteiger partial charge in [-0.1, -0.05) is 29.5 Å². The van der Waals surface area contributed by atoms with E-state index in [0.29, 0.717) is 24.4 Å². The summed E-state index contributed by atoms with van der Waals surface area (Å²) in [5.74, 6) is -0.111. The van der Waals surface area contributed by atoms with E-state index in [9.17, 15) is 4.79 Å². The van der Waals surface area contributed by atoms with Gasteiger partial charge < -0.3 is 15.8 Å². The first kappa shape index (κ1) is 17.4. The molecular weight excluding hydrogens is 308 g/mol. The second-order valence-corrected chi connectivity index (χ2v) is 6.39. The van der Waals surface area contributed by atoms with Crippen LogP contribution in [0.25, 0.3) is 0 Å². The summed E-state index contributed by atoms with van der Waals surface area (Å²) in [7, 11) is 1.65. The van der Waals surface area contributed by atoms with E-state index in [0.717, 1.165) is 16.2 Å². The predicted octanol–water partition coefficient (Wildman–Crippen LogP) is 3.49.